The van der Waals surface area contributed by atoms with Gasteiger partial charge in [0.1, 0.15) is 0 Å². The predicted molar refractivity (Wildman–Crippen MR) is 31.4 cm³/mol. The van der Waals surface area contributed by atoms with Gasteiger partial charge in [-0.25, -0.2) is 0 Å². The maximum atomic E-state index is 10.3. The molecule has 0 aromatic heterocycles. The van der Waals surface area contributed by atoms with Gasteiger partial charge >= 0.3 is 11.8 Å². The molecule has 10 heavy (non-hydrogen) atoms. The normalized spacial score (nSPS) is 8.40. The Morgan fingerprint density at radius 2 is 1.70 bits per heavy atom. The van der Waals surface area contributed by atoms with Crippen LogP contribution in [0.2, 0.25) is 0 Å². The highest BCUT2D eigenvalue weighted by Gasteiger charge is 2.07. The van der Waals surface area contributed by atoms with Gasteiger partial charge in [-0.3, -0.25) is 14.4 Å². The molecule has 5 N–H and O–H groups in total. The van der Waals surface area contributed by atoms with Crippen molar-refractivity contribution in [2.45, 2.75) is 0 Å². The summed E-state index contributed by atoms with van der Waals surface area (Å²) in [7, 11) is 0. The molecule has 0 rings (SSSR count). The summed E-state index contributed by atoms with van der Waals surface area (Å²) in [6.45, 7) is -0.373. The van der Waals surface area contributed by atoms with Crippen molar-refractivity contribution in [1.82, 2.24) is 5.32 Å². The lowest BCUT2D eigenvalue weighted by atomic mass is 10.5. The molecule has 6 nitrogen and oxygen atoms in total. The van der Waals surface area contributed by atoms with Gasteiger partial charge in [-0.15, -0.1) is 0 Å². The van der Waals surface area contributed by atoms with Crippen molar-refractivity contribution >= 4 is 17.7 Å². The number of carbonyl (C=O) groups is 3. The molecule has 0 spiro atoms. The first-order valence-electron chi connectivity index (χ1n) is 2.40. The van der Waals surface area contributed by atoms with Gasteiger partial charge in [-0.1, -0.05) is 0 Å². The van der Waals surface area contributed by atoms with Gasteiger partial charge < -0.3 is 16.8 Å². The Kier molecular flexibility index (Phi) is 2.89. The third-order valence-electron chi connectivity index (χ3n) is 0.647. The van der Waals surface area contributed by atoms with Gasteiger partial charge in [0.15, 0.2) is 0 Å². The second-order valence-corrected chi connectivity index (χ2v) is 1.51. The minimum absolute atomic E-state index is 0.373. The molecular weight excluding hydrogens is 138 g/mol. The van der Waals surface area contributed by atoms with E-state index in [4.69, 9.17) is 0 Å². The molecule has 0 radical (unpaired) electrons. The fourth-order valence-electron chi connectivity index (χ4n) is 0.255. The molecule has 0 aromatic rings. The van der Waals surface area contributed by atoms with Crippen LogP contribution in [0.5, 0.6) is 0 Å². The molecule has 0 saturated carbocycles. The summed E-state index contributed by atoms with van der Waals surface area (Å²) in [5.41, 5.74) is 9.15. The lowest BCUT2D eigenvalue weighted by Crippen LogP contribution is -2.40. The minimum atomic E-state index is -1.14. The van der Waals surface area contributed by atoms with Gasteiger partial charge in [0.2, 0.25) is 5.91 Å². The first kappa shape index (κ1) is 8.41. The SMILES string of the molecule is NC(=O)CNC(=O)C(N)=O. The molecule has 0 unspecified atom stereocenters. The average Bonchev–Trinajstić information content (AvgIpc) is 1.82. The number of hydrogen-bond donors (Lipinski definition) is 3. The lowest BCUT2D eigenvalue weighted by molar-refractivity contribution is -0.137. The highest BCUT2D eigenvalue weighted by molar-refractivity contribution is 6.34. The number of primary amides is 2. The van der Waals surface area contributed by atoms with Gasteiger partial charge in [0.05, 0.1) is 6.54 Å². The Hall–Kier alpha value is -1.59. The first-order valence-corrected chi connectivity index (χ1v) is 2.40. The third kappa shape index (κ3) is 3.42. The number of hydrogen-bond acceptors (Lipinski definition) is 3. The third-order valence-corrected chi connectivity index (χ3v) is 0.647. The van der Waals surface area contributed by atoms with E-state index < -0.39 is 17.7 Å². The van der Waals surface area contributed by atoms with Crippen molar-refractivity contribution in [2.24, 2.45) is 11.5 Å². The fourth-order valence-corrected chi connectivity index (χ4v) is 0.255. The summed E-state index contributed by atoms with van der Waals surface area (Å²) < 4.78 is 0. The molecular formula is C4H7N3O3. The zero-order chi connectivity index (χ0) is 8.15. The highest BCUT2D eigenvalue weighted by atomic mass is 16.2. The van der Waals surface area contributed by atoms with Crippen molar-refractivity contribution in [3.63, 3.8) is 0 Å². The van der Waals surface area contributed by atoms with Crippen molar-refractivity contribution in [2.75, 3.05) is 6.54 Å². The first-order chi connectivity index (χ1) is 4.54. The molecule has 56 valence electrons. The van der Waals surface area contributed by atoms with Crippen molar-refractivity contribution in [3.05, 3.63) is 0 Å². The monoisotopic (exact) mass is 145 g/mol. The molecule has 0 aromatic carbocycles. The largest absolute Gasteiger partial charge is 0.368 e. The van der Waals surface area contributed by atoms with Crippen LogP contribution in [0.15, 0.2) is 0 Å². The lowest BCUT2D eigenvalue weighted by Gasteiger charge is -1.95. The van der Waals surface area contributed by atoms with E-state index in [9.17, 15) is 14.4 Å². The van der Waals surface area contributed by atoms with E-state index in [-0.39, 0.29) is 6.54 Å². The molecule has 3 amide bonds. The maximum absolute atomic E-state index is 10.3. The predicted octanol–water partition coefficient (Wildman–Crippen LogP) is -2.93. The van der Waals surface area contributed by atoms with E-state index in [0.29, 0.717) is 0 Å². The summed E-state index contributed by atoms with van der Waals surface area (Å²) in [6.07, 6.45) is 0. The molecule has 0 heterocycles. The van der Waals surface area contributed by atoms with Crippen LogP contribution in [-0.2, 0) is 14.4 Å². The number of nitrogens with two attached hydrogens (primary N) is 2. The maximum Gasteiger partial charge on any atom is 0.309 e. The molecule has 6 heteroatoms. The van der Waals surface area contributed by atoms with E-state index >= 15 is 0 Å². The van der Waals surface area contributed by atoms with Crippen LogP contribution >= 0.6 is 0 Å². The molecule has 0 aliphatic rings. The van der Waals surface area contributed by atoms with E-state index in [0.717, 1.165) is 0 Å². The average molecular weight is 145 g/mol. The molecule has 0 bridgehead atoms. The van der Waals surface area contributed by atoms with Crippen LogP contribution in [0.1, 0.15) is 0 Å². The molecule has 0 atom stereocenters. The molecule has 0 saturated heterocycles. The molecule has 0 aliphatic carbocycles. The van der Waals surface area contributed by atoms with Crippen LogP contribution in [0.25, 0.3) is 0 Å². The van der Waals surface area contributed by atoms with E-state index in [1.54, 1.807) is 0 Å². The van der Waals surface area contributed by atoms with E-state index in [1.165, 1.54) is 0 Å². The second-order valence-electron chi connectivity index (χ2n) is 1.51. The quantitative estimate of drug-likeness (QED) is 0.361. The highest BCUT2D eigenvalue weighted by Crippen LogP contribution is 1.61. The summed E-state index contributed by atoms with van der Waals surface area (Å²) in [5, 5.41) is 1.89. The number of rotatable bonds is 2. The van der Waals surface area contributed by atoms with E-state index in [2.05, 4.69) is 11.5 Å². The van der Waals surface area contributed by atoms with Crippen molar-refractivity contribution in [1.29, 1.82) is 0 Å². The van der Waals surface area contributed by atoms with Gasteiger partial charge in [-0.2, -0.15) is 0 Å². The van der Waals surface area contributed by atoms with Crippen molar-refractivity contribution < 1.29 is 14.4 Å². The Labute approximate surface area is 56.5 Å². The second kappa shape index (κ2) is 3.44. The van der Waals surface area contributed by atoms with Crippen LogP contribution < -0.4 is 16.8 Å². The van der Waals surface area contributed by atoms with Gasteiger partial charge in [-0.05, 0) is 0 Å². The fraction of sp³-hybridized carbons (Fsp3) is 0.250. The van der Waals surface area contributed by atoms with Gasteiger partial charge in [0.25, 0.3) is 0 Å². The zero-order valence-corrected chi connectivity index (χ0v) is 5.09. The van der Waals surface area contributed by atoms with Crippen LogP contribution in [0.3, 0.4) is 0 Å². The Bertz CT molecular complexity index is 177. The number of carbonyl (C=O) groups excluding carboxylic acids is 3. The Morgan fingerprint density at radius 3 is 2.00 bits per heavy atom. The summed E-state index contributed by atoms with van der Waals surface area (Å²) in [6, 6.07) is 0. The Balaban J connectivity index is 3.60. The van der Waals surface area contributed by atoms with Crippen LogP contribution in [0.4, 0.5) is 0 Å². The number of nitrogens with one attached hydrogen (secondary N) is 1. The van der Waals surface area contributed by atoms with Gasteiger partial charge in [0, 0.05) is 0 Å². The smallest absolute Gasteiger partial charge is 0.309 e. The summed E-state index contributed by atoms with van der Waals surface area (Å²) in [5.74, 6) is -2.88. The molecule has 0 fully saturated rings. The minimum Gasteiger partial charge on any atom is -0.368 e. The van der Waals surface area contributed by atoms with E-state index in [1.807, 2.05) is 5.32 Å². The summed E-state index contributed by atoms with van der Waals surface area (Å²) >= 11 is 0. The topological polar surface area (TPSA) is 115 Å². The molecule has 0 aliphatic heterocycles. The van der Waals surface area contributed by atoms with Crippen LogP contribution in [-0.4, -0.2) is 24.3 Å². The standard InChI is InChI=1S/C4H7N3O3/c5-2(8)1-7-4(10)3(6)9/h1H2,(H2,5,8)(H2,6,9)(H,7,10). The van der Waals surface area contributed by atoms with Crippen LogP contribution in [0, 0.1) is 0 Å². The van der Waals surface area contributed by atoms with Crippen molar-refractivity contribution in [3.8, 4) is 0 Å². The Morgan fingerprint density at radius 1 is 1.20 bits per heavy atom. The summed E-state index contributed by atoms with van der Waals surface area (Å²) in [4.78, 5) is 30.2. The zero-order valence-electron chi connectivity index (χ0n) is 5.09. The number of amides is 3.